The molecule has 76 valence electrons. The molecule has 1 aliphatic carbocycles. The topological polar surface area (TPSA) is 3.24 Å². The molecule has 13 heavy (non-hydrogen) atoms. The molecular formula is C11H21NS. The highest BCUT2D eigenvalue weighted by atomic mass is 32.1. The van der Waals surface area contributed by atoms with Crippen LogP contribution in [0.25, 0.3) is 0 Å². The van der Waals surface area contributed by atoms with E-state index in [1.165, 1.54) is 51.7 Å². The van der Waals surface area contributed by atoms with Crippen molar-refractivity contribution in [1.82, 2.24) is 4.90 Å². The van der Waals surface area contributed by atoms with Crippen molar-refractivity contribution in [3.05, 3.63) is 0 Å². The van der Waals surface area contributed by atoms with Crippen LogP contribution in [0.15, 0.2) is 0 Å². The number of nitrogens with zero attached hydrogens (tertiary/aromatic N) is 1. The fourth-order valence-electron chi connectivity index (χ4n) is 2.70. The zero-order valence-electron chi connectivity index (χ0n) is 8.41. The fourth-order valence-corrected chi connectivity index (χ4v) is 2.98. The van der Waals surface area contributed by atoms with Gasteiger partial charge in [-0.1, -0.05) is 19.3 Å². The first-order chi connectivity index (χ1) is 6.40. The second kappa shape index (κ2) is 4.70. The highest BCUT2D eigenvalue weighted by Gasteiger charge is 2.29. The van der Waals surface area contributed by atoms with E-state index < -0.39 is 0 Å². The lowest BCUT2D eigenvalue weighted by atomic mass is 9.72. The molecule has 0 N–H and O–H groups in total. The van der Waals surface area contributed by atoms with Gasteiger partial charge in [0.2, 0.25) is 0 Å². The average Bonchev–Trinajstić information content (AvgIpc) is 2.06. The van der Waals surface area contributed by atoms with Gasteiger partial charge in [0, 0.05) is 12.3 Å². The summed E-state index contributed by atoms with van der Waals surface area (Å²) in [5.41, 5.74) is 0. The lowest BCUT2D eigenvalue weighted by Gasteiger charge is -2.39. The molecule has 2 fully saturated rings. The van der Waals surface area contributed by atoms with Gasteiger partial charge in [-0.25, -0.2) is 0 Å². The predicted octanol–water partition coefficient (Wildman–Crippen LogP) is 2.43. The Hall–Kier alpha value is 0.310. The van der Waals surface area contributed by atoms with E-state index in [0.717, 1.165) is 17.6 Å². The predicted molar refractivity (Wildman–Crippen MR) is 60.4 cm³/mol. The second-order valence-electron chi connectivity index (χ2n) is 4.59. The number of hydrogen-bond acceptors (Lipinski definition) is 2. The third-order valence-corrected chi connectivity index (χ3v) is 4.06. The first-order valence-corrected chi connectivity index (χ1v) is 6.36. The van der Waals surface area contributed by atoms with Crippen LogP contribution in [0.4, 0.5) is 0 Å². The Morgan fingerprint density at radius 2 is 1.62 bits per heavy atom. The molecule has 0 amide bonds. The molecule has 1 saturated carbocycles. The van der Waals surface area contributed by atoms with Gasteiger partial charge >= 0.3 is 0 Å². The van der Waals surface area contributed by atoms with Crippen LogP contribution in [0.3, 0.4) is 0 Å². The number of rotatable bonds is 3. The van der Waals surface area contributed by atoms with Gasteiger partial charge in [-0.3, -0.25) is 0 Å². The SMILES string of the molecule is SCCN1CCC(C2CCC2)CC1. The normalized spacial score (nSPS) is 27.5. The van der Waals surface area contributed by atoms with Gasteiger partial charge in [-0.15, -0.1) is 0 Å². The van der Waals surface area contributed by atoms with Crippen LogP contribution >= 0.6 is 12.6 Å². The third-order valence-electron chi connectivity index (χ3n) is 3.86. The van der Waals surface area contributed by atoms with Crippen molar-refractivity contribution in [2.75, 3.05) is 25.4 Å². The van der Waals surface area contributed by atoms with Crippen molar-refractivity contribution >= 4 is 12.6 Å². The van der Waals surface area contributed by atoms with Crippen molar-refractivity contribution in [3.63, 3.8) is 0 Å². The van der Waals surface area contributed by atoms with E-state index in [1.54, 1.807) is 0 Å². The van der Waals surface area contributed by atoms with Crippen molar-refractivity contribution in [2.24, 2.45) is 11.8 Å². The van der Waals surface area contributed by atoms with Crippen molar-refractivity contribution in [3.8, 4) is 0 Å². The highest BCUT2D eigenvalue weighted by molar-refractivity contribution is 7.80. The van der Waals surface area contributed by atoms with Gasteiger partial charge in [-0.05, 0) is 37.8 Å². The zero-order chi connectivity index (χ0) is 9.10. The van der Waals surface area contributed by atoms with Crippen LogP contribution < -0.4 is 0 Å². The summed E-state index contributed by atoms with van der Waals surface area (Å²) in [5, 5.41) is 0. The van der Waals surface area contributed by atoms with Crippen molar-refractivity contribution in [1.29, 1.82) is 0 Å². The van der Waals surface area contributed by atoms with E-state index in [4.69, 9.17) is 0 Å². The maximum absolute atomic E-state index is 4.28. The Kier molecular flexibility index (Phi) is 3.56. The first-order valence-electron chi connectivity index (χ1n) is 5.73. The molecular weight excluding hydrogens is 178 g/mol. The largest absolute Gasteiger partial charge is 0.303 e. The standard InChI is InChI=1S/C11H21NS/c13-9-8-12-6-4-11(5-7-12)10-2-1-3-10/h10-11,13H,1-9H2. The molecule has 1 nitrogen and oxygen atoms in total. The molecule has 2 aliphatic rings. The third kappa shape index (κ3) is 2.41. The van der Waals surface area contributed by atoms with Crippen molar-refractivity contribution < 1.29 is 0 Å². The number of thiol groups is 1. The average molecular weight is 199 g/mol. The molecule has 2 heteroatoms. The summed E-state index contributed by atoms with van der Waals surface area (Å²) in [6, 6.07) is 0. The Morgan fingerprint density at radius 3 is 2.08 bits per heavy atom. The van der Waals surface area contributed by atoms with Crippen LogP contribution in [0, 0.1) is 11.8 Å². The lowest BCUT2D eigenvalue weighted by molar-refractivity contribution is 0.111. The molecule has 1 aliphatic heterocycles. The van der Waals surface area contributed by atoms with E-state index in [2.05, 4.69) is 17.5 Å². The summed E-state index contributed by atoms with van der Waals surface area (Å²) >= 11 is 4.28. The second-order valence-corrected chi connectivity index (χ2v) is 5.04. The molecule has 0 radical (unpaired) electrons. The minimum Gasteiger partial charge on any atom is -0.303 e. The number of piperidine rings is 1. The number of likely N-dealkylation sites (tertiary alicyclic amines) is 1. The van der Waals surface area contributed by atoms with E-state index in [0.29, 0.717) is 0 Å². The summed E-state index contributed by atoms with van der Waals surface area (Å²) in [5.74, 6) is 3.21. The smallest absolute Gasteiger partial charge is 0.00698 e. The van der Waals surface area contributed by atoms with Gasteiger partial charge in [0.25, 0.3) is 0 Å². The summed E-state index contributed by atoms with van der Waals surface area (Å²) in [4.78, 5) is 2.57. The molecule has 2 rings (SSSR count). The van der Waals surface area contributed by atoms with Crippen molar-refractivity contribution in [2.45, 2.75) is 32.1 Å². The summed E-state index contributed by atoms with van der Waals surface area (Å²) in [6.45, 7) is 3.87. The lowest BCUT2D eigenvalue weighted by Crippen LogP contribution is -2.38. The maximum atomic E-state index is 4.28. The highest BCUT2D eigenvalue weighted by Crippen LogP contribution is 2.38. The molecule has 0 aromatic heterocycles. The molecule has 0 aromatic rings. The Balaban J connectivity index is 1.69. The number of hydrogen-bond donors (Lipinski definition) is 1. The molecule has 0 unspecified atom stereocenters. The first kappa shape index (κ1) is 9.85. The molecule has 0 spiro atoms. The van der Waals surface area contributed by atoms with Crippen LogP contribution in [0.5, 0.6) is 0 Å². The molecule has 1 saturated heterocycles. The quantitative estimate of drug-likeness (QED) is 0.683. The zero-order valence-corrected chi connectivity index (χ0v) is 9.31. The van der Waals surface area contributed by atoms with Crippen LogP contribution in [0.1, 0.15) is 32.1 Å². The van der Waals surface area contributed by atoms with Gasteiger partial charge < -0.3 is 4.90 Å². The monoisotopic (exact) mass is 199 g/mol. The van der Waals surface area contributed by atoms with Crippen LogP contribution in [0.2, 0.25) is 0 Å². The van der Waals surface area contributed by atoms with Gasteiger partial charge in [0.15, 0.2) is 0 Å². The van der Waals surface area contributed by atoms with E-state index in [1.807, 2.05) is 0 Å². The summed E-state index contributed by atoms with van der Waals surface area (Å²) in [6.07, 6.45) is 7.47. The minimum atomic E-state index is 1.02. The molecule has 1 heterocycles. The van der Waals surface area contributed by atoms with Gasteiger partial charge in [0.05, 0.1) is 0 Å². The van der Waals surface area contributed by atoms with Crippen LogP contribution in [-0.4, -0.2) is 30.3 Å². The van der Waals surface area contributed by atoms with Gasteiger partial charge in [-0.2, -0.15) is 12.6 Å². The Morgan fingerprint density at radius 1 is 1.00 bits per heavy atom. The van der Waals surface area contributed by atoms with Gasteiger partial charge in [0.1, 0.15) is 0 Å². The Labute approximate surface area is 87.3 Å². The van der Waals surface area contributed by atoms with E-state index >= 15 is 0 Å². The molecule has 0 bridgehead atoms. The van der Waals surface area contributed by atoms with E-state index in [9.17, 15) is 0 Å². The molecule has 0 atom stereocenters. The summed E-state index contributed by atoms with van der Waals surface area (Å²) in [7, 11) is 0. The Bertz CT molecular complexity index is 148. The fraction of sp³-hybridized carbons (Fsp3) is 1.00. The van der Waals surface area contributed by atoms with Crippen LogP contribution in [-0.2, 0) is 0 Å². The minimum absolute atomic E-state index is 1.02. The maximum Gasteiger partial charge on any atom is 0.00698 e. The van der Waals surface area contributed by atoms with E-state index in [-0.39, 0.29) is 0 Å². The summed E-state index contributed by atoms with van der Waals surface area (Å²) < 4.78 is 0. The molecule has 0 aromatic carbocycles.